The number of hydrogen-bond acceptors (Lipinski definition) is 1. The molecule has 0 saturated carbocycles. The van der Waals surface area contributed by atoms with E-state index in [4.69, 9.17) is 0 Å². The first-order valence-electron chi connectivity index (χ1n) is 4.93. The Morgan fingerprint density at radius 2 is 1.79 bits per heavy atom. The minimum absolute atomic E-state index is 0.0995. The number of nitrogens with one attached hydrogen (secondary N) is 1. The number of aryl methyl sites for hydroxylation is 1. The first-order chi connectivity index (χ1) is 6.41. The molecule has 0 aliphatic rings. The molecule has 0 heterocycles. The number of allylic oxidation sites excluding steroid dienone is 1. The Labute approximate surface area is 86.8 Å². The van der Waals surface area contributed by atoms with Crippen LogP contribution in [-0.2, 0) is 0 Å². The Balaban J connectivity index is 2.80. The van der Waals surface area contributed by atoms with Gasteiger partial charge in [-0.05, 0) is 18.6 Å². The van der Waals surface area contributed by atoms with Crippen LogP contribution in [0.15, 0.2) is 36.5 Å². The van der Waals surface area contributed by atoms with Gasteiger partial charge in [0.1, 0.15) is 0 Å². The summed E-state index contributed by atoms with van der Waals surface area (Å²) in [5.74, 6) is 0. The fourth-order valence-corrected chi connectivity index (χ4v) is 1.06. The van der Waals surface area contributed by atoms with Gasteiger partial charge in [0.15, 0.2) is 0 Å². The van der Waals surface area contributed by atoms with Crippen LogP contribution >= 0.6 is 0 Å². The van der Waals surface area contributed by atoms with E-state index in [2.05, 4.69) is 51.7 Å². The average molecular weight is 189 g/mol. The Morgan fingerprint density at radius 3 is 2.29 bits per heavy atom. The molecular weight excluding hydrogens is 170 g/mol. The normalized spacial score (nSPS) is 11.1. The van der Waals surface area contributed by atoms with Gasteiger partial charge in [0.25, 0.3) is 0 Å². The van der Waals surface area contributed by atoms with Crippen molar-refractivity contribution in [1.82, 2.24) is 0 Å². The minimum atomic E-state index is 0.0995. The molecule has 0 amide bonds. The molecule has 0 aromatic heterocycles. The molecule has 76 valence electrons. The summed E-state index contributed by atoms with van der Waals surface area (Å²) in [6, 6.07) is 8.25. The second-order valence-corrected chi connectivity index (χ2v) is 4.67. The summed E-state index contributed by atoms with van der Waals surface area (Å²) in [5.41, 5.74) is 3.54. The van der Waals surface area contributed by atoms with Crippen LogP contribution in [0.5, 0.6) is 0 Å². The average Bonchev–Trinajstić information content (AvgIpc) is 2.07. The van der Waals surface area contributed by atoms with Gasteiger partial charge in [0.05, 0.1) is 0 Å². The molecule has 0 spiro atoms. The fraction of sp³-hybridized carbons (Fsp3) is 0.385. The highest BCUT2D eigenvalue weighted by atomic mass is 14.9. The fourth-order valence-electron chi connectivity index (χ4n) is 1.06. The van der Waals surface area contributed by atoms with Crippen molar-refractivity contribution in [3.63, 3.8) is 0 Å². The highest BCUT2D eigenvalue weighted by Gasteiger charge is 2.14. The number of para-hydroxylation sites is 1. The summed E-state index contributed by atoms with van der Waals surface area (Å²) in [7, 11) is 0. The molecule has 1 rings (SSSR count). The van der Waals surface area contributed by atoms with Gasteiger partial charge in [-0.3, -0.25) is 0 Å². The SMILES string of the molecule is C=C(Nc1ccccc1C)C(C)(C)C. The molecule has 1 aromatic rings. The summed E-state index contributed by atoms with van der Waals surface area (Å²) in [6.07, 6.45) is 0. The van der Waals surface area contributed by atoms with E-state index in [1.807, 2.05) is 12.1 Å². The third-order valence-corrected chi connectivity index (χ3v) is 2.34. The minimum Gasteiger partial charge on any atom is -0.359 e. The van der Waals surface area contributed by atoms with Gasteiger partial charge >= 0.3 is 0 Å². The Hall–Kier alpha value is -1.24. The van der Waals surface area contributed by atoms with Crippen LogP contribution in [0.3, 0.4) is 0 Å². The molecule has 1 nitrogen and oxygen atoms in total. The molecule has 0 radical (unpaired) electrons. The van der Waals surface area contributed by atoms with Crippen molar-refractivity contribution in [2.75, 3.05) is 5.32 Å². The highest BCUT2D eigenvalue weighted by Crippen LogP contribution is 2.26. The van der Waals surface area contributed by atoms with Crippen molar-refractivity contribution in [1.29, 1.82) is 0 Å². The van der Waals surface area contributed by atoms with Crippen molar-refractivity contribution in [2.45, 2.75) is 27.7 Å². The second-order valence-electron chi connectivity index (χ2n) is 4.67. The summed E-state index contributed by atoms with van der Waals surface area (Å²) in [6.45, 7) is 12.6. The number of rotatable bonds is 2. The van der Waals surface area contributed by atoms with Gasteiger partial charge in [0, 0.05) is 16.8 Å². The van der Waals surface area contributed by atoms with E-state index in [0.717, 1.165) is 11.4 Å². The maximum Gasteiger partial charge on any atom is 0.0411 e. The van der Waals surface area contributed by atoms with Crippen LogP contribution < -0.4 is 5.32 Å². The lowest BCUT2D eigenvalue weighted by atomic mass is 9.92. The number of hydrogen-bond donors (Lipinski definition) is 1. The predicted molar refractivity (Wildman–Crippen MR) is 63.4 cm³/mol. The van der Waals surface area contributed by atoms with E-state index in [9.17, 15) is 0 Å². The Bertz CT molecular complexity index is 331. The quantitative estimate of drug-likeness (QED) is 0.742. The lowest BCUT2D eigenvalue weighted by Gasteiger charge is -2.24. The molecule has 0 aliphatic heterocycles. The van der Waals surface area contributed by atoms with Gasteiger partial charge in [-0.15, -0.1) is 0 Å². The topological polar surface area (TPSA) is 12.0 Å². The number of benzene rings is 1. The van der Waals surface area contributed by atoms with Crippen molar-refractivity contribution < 1.29 is 0 Å². The highest BCUT2D eigenvalue weighted by molar-refractivity contribution is 5.54. The smallest absolute Gasteiger partial charge is 0.0411 e. The summed E-state index contributed by atoms with van der Waals surface area (Å²) < 4.78 is 0. The maximum absolute atomic E-state index is 4.05. The number of anilines is 1. The van der Waals surface area contributed by atoms with E-state index < -0.39 is 0 Å². The molecule has 0 fully saturated rings. The molecule has 0 aliphatic carbocycles. The van der Waals surface area contributed by atoms with Gasteiger partial charge in [-0.1, -0.05) is 45.5 Å². The molecule has 14 heavy (non-hydrogen) atoms. The van der Waals surface area contributed by atoms with Crippen LogP contribution in [0.2, 0.25) is 0 Å². The predicted octanol–water partition coefficient (Wildman–Crippen LogP) is 3.97. The molecule has 1 N–H and O–H groups in total. The molecule has 1 heteroatoms. The zero-order valence-corrected chi connectivity index (χ0v) is 9.52. The summed E-state index contributed by atoms with van der Waals surface area (Å²) in [4.78, 5) is 0. The van der Waals surface area contributed by atoms with Crippen molar-refractivity contribution >= 4 is 5.69 Å². The maximum atomic E-state index is 4.05. The summed E-state index contributed by atoms with van der Waals surface area (Å²) >= 11 is 0. The van der Waals surface area contributed by atoms with E-state index in [-0.39, 0.29) is 5.41 Å². The zero-order valence-electron chi connectivity index (χ0n) is 9.52. The van der Waals surface area contributed by atoms with Crippen molar-refractivity contribution in [3.8, 4) is 0 Å². The van der Waals surface area contributed by atoms with Crippen LogP contribution in [0.25, 0.3) is 0 Å². The monoisotopic (exact) mass is 189 g/mol. The van der Waals surface area contributed by atoms with E-state index in [1.54, 1.807) is 0 Å². The first kappa shape index (κ1) is 10.8. The van der Waals surface area contributed by atoms with Gasteiger partial charge in [-0.25, -0.2) is 0 Å². The zero-order chi connectivity index (χ0) is 10.8. The first-order valence-corrected chi connectivity index (χ1v) is 4.93. The Morgan fingerprint density at radius 1 is 1.21 bits per heavy atom. The molecule has 0 bridgehead atoms. The van der Waals surface area contributed by atoms with Crippen molar-refractivity contribution in [2.24, 2.45) is 5.41 Å². The second kappa shape index (κ2) is 3.87. The van der Waals surface area contributed by atoms with Crippen LogP contribution in [0.4, 0.5) is 5.69 Å². The largest absolute Gasteiger partial charge is 0.359 e. The van der Waals surface area contributed by atoms with E-state index >= 15 is 0 Å². The third-order valence-electron chi connectivity index (χ3n) is 2.34. The van der Waals surface area contributed by atoms with Crippen LogP contribution in [-0.4, -0.2) is 0 Å². The van der Waals surface area contributed by atoms with Crippen LogP contribution in [0, 0.1) is 12.3 Å². The summed E-state index contributed by atoms with van der Waals surface area (Å²) in [5, 5.41) is 3.36. The molecule has 0 saturated heterocycles. The standard InChI is InChI=1S/C13H19N/c1-10-8-6-7-9-12(10)14-11(2)13(3,4)5/h6-9,14H,2H2,1,3-5H3. The molecule has 1 aromatic carbocycles. The van der Waals surface area contributed by atoms with Gasteiger partial charge < -0.3 is 5.32 Å². The lowest BCUT2D eigenvalue weighted by molar-refractivity contribution is 0.509. The lowest BCUT2D eigenvalue weighted by Crippen LogP contribution is -2.15. The van der Waals surface area contributed by atoms with E-state index in [0.29, 0.717) is 0 Å². The molecule has 0 atom stereocenters. The third kappa shape index (κ3) is 2.63. The van der Waals surface area contributed by atoms with E-state index in [1.165, 1.54) is 5.56 Å². The van der Waals surface area contributed by atoms with Gasteiger partial charge in [0.2, 0.25) is 0 Å². The molecular formula is C13H19N. The van der Waals surface area contributed by atoms with Crippen molar-refractivity contribution in [3.05, 3.63) is 42.1 Å². The molecule has 0 unspecified atom stereocenters. The Kier molecular flexibility index (Phi) is 3.00. The van der Waals surface area contributed by atoms with Crippen LogP contribution in [0.1, 0.15) is 26.3 Å². The van der Waals surface area contributed by atoms with Gasteiger partial charge in [-0.2, -0.15) is 0 Å².